The minimum absolute atomic E-state index is 0.0896. The number of hydrogen-bond donors (Lipinski definition) is 1. The van der Waals surface area contributed by atoms with Crippen LogP contribution < -0.4 is 5.73 Å². The van der Waals surface area contributed by atoms with Crippen molar-refractivity contribution in [2.75, 3.05) is 6.61 Å². The fraction of sp³-hybridized carbons (Fsp3) is 0.538. The Morgan fingerprint density at radius 3 is 2.76 bits per heavy atom. The first kappa shape index (κ1) is 15.3. The van der Waals surface area contributed by atoms with Gasteiger partial charge >= 0.3 is 116 Å². The molecule has 1 aromatic carbocycles. The van der Waals surface area contributed by atoms with Crippen molar-refractivity contribution in [1.29, 1.82) is 0 Å². The molecule has 0 radical (unpaired) electrons. The van der Waals surface area contributed by atoms with Crippen LogP contribution in [-0.2, 0) is 9.49 Å². The summed E-state index contributed by atoms with van der Waals surface area (Å²) in [4.78, 5) is 0. The van der Waals surface area contributed by atoms with E-state index >= 15 is 0 Å². The van der Waals surface area contributed by atoms with E-state index in [0.717, 1.165) is 23.9 Å². The van der Waals surface area contributed by atoms with E-state index in [0.29, 0.717) is 0 Å². The standard InChI is InChI=1S/C10H14N.C3H7O.ClH.Sn.H/c1-3-9-6-4-5-7-10(9)8(2)11;1-2-3-4;;;/h4-8H,1,3,11H2,2H3;2-3H2,1H3;1H;;/q;-1;;+2;/p-1. The fourth-order valence-corrected chi connectivity index (χ4v) is 6.55. The second kappa shape index (κ2) is 8.35. The minimum atomic E-state index is -2.18. The Balaban J connectivity index is 2.51. The molecule has 2 nitrogen and oxygen atoms in total. The molecule has 0 aliphatic carbocycles. The fourth-order valence-electron chi connectivity index (χ4n) is 1.80. The Labute approximate surface area is 115 Å². The molecule has 1 rings (SSSR count). The van der Waals surface area contributed by atoms with E-state index in [9.17, 15) is 0 Å². The van der Waals surface area contributed by atoms with E-state index in [4.69, 9.17) is 17.7 Å². The SMILES string of the molecule is CCC[O][SnH]([Cl])[CH2]Cc1ccccc1C(C)N. The Hall–Kier alpha value is 0.229. The summed E-state index contributed by atoms with van der Waals surface area (Å²) < 4.78 is 6.69. The van der Waals surface area contributed by atoms with Crippen LogP contribution in [0.3, 0.4) is 0 Å². The van der Waals surface area contributed by atoms with Crippen molar-refractivity contribution in [2.24, 2.45) is 5.73 Å². The molecular formula is C13H22ClNOSn. The van der Waals surface area contributed by atoms with Crippen LogP contribution in [0.1, 0.15) is 37.4 Å². The molecule has 0 amide bonds. The van der Waals surface area contributed by atoms with Gasteiger partial charge in [-0.1, -0.05) is 0 Å². The van der Waals surface area contributed by atoms with Crippen LogP contribution >= 0.6 is 8.92 Å². The number of nitrogens with two attached hydrogens (primary N) is 1. The van der Waals surface area contributed by atoms with Crippen LogP contribution in [0.2, 0.25) is 4.44 Å². The van der Waals surface area contributed by atoms with E-state index < -0.39 is 19.0 Å². The summed E-state index contributed by atoms with van der Waals surface area (Å²) in [6.07, 6.45) is 2.06. The van der Waals surface area contributed by atoms with Crippen molar-refractivity contribution in [2.45, 2.75) is 37.2 Å². The molecule has 2 unspecified atom stereocenters. The topological polar surface area (TPSA) is 35.2 Å². The predicted molar refractivity (Wildman–Crippen MR) is 76.8 cm³/mol. The molecule has 0 saturated heterocycles. The van der Waals surface area contributed by atoms with Crippen molar-refractivity contribution in [3.8, 4) is 0 Å². The number of hydrogen-bond acceptors (Lipinski definition) is 2. The Kier molecular flexibility index (Phi) is 7.51. The van der Waals surface area contributed by atoms with Crippen LogP contribution in [0.15, 0.2) is 24.3 Å². The molecule has 0 saturated carbocycles. The zero-order valence-corrected chi connectivity index (χ0v) is 14.7. The second-order valence-electron chi connectivity index (χ2n) is 4.31. The average molecular weight is 362 g/mol. The van der Waals surface area contributed by atoms with Crippen molar-refractivity contribution >= 4 is 28.0 Å². The van der Waals surface area contributed by atoms with Gasteiger partial charge in [-0.2, -0.15) is 0 Å². The summed E-state index contributed by atoms with van der Waals surface area (Å²) in [5, 5.41) is 0. The van der Waals surface area contributed by atoms with Gasteiger partial charge < -0.3 is 0 Å². The molecule has 0 aliphatic rings. The summed E-state index contributed by atoms with van der Waals surface area (Å²) in [6.45, 7) is 4.95. The molecule has 0 spiro atoms. The van der Waals surface area contributed by atoms with Gasteiger partial charge in [0.1, 0.15) is 0 Å². The van der Waals surface area contributed by atoms with Gasteiger partial charge in [0.05, 0.1) is 0 Å². The normalized spacial score (nSPS) is 14.6. The second-order valence-corrected chi connectivity index (χ2v) is 12.5. The van der Waals surface area contributed by atoms with Crippen molar-refractivity contribution in [3.63, 3.8) is 0 Å². The van der Waals surface area contributed by atoms with Crippen molar-refractivity contribution in [3.05, 3.63) is 35.4 Å². The van der Waals surface area contributed by atoms with Crippen LogP contribution in [0, 0.1) is 0 Å². The third-order valence-corrected chi connectivity index (χ3v) is 8.82. The number of benzene rings is 1. The summed E-state index contributed by atoms with van der Waals surface area (Å²) in [5.41, 5.74) is 8.51. The first-order chi connectivity index (χ1) is 8.15. The quantitative estimate of drug-likeness (QED) is 0.757. The molecular weight excluding hydrogens is 340 g/mol. The van der Waals surface area contributed by atoms with Gasteiger partial charge in [-0.25, -0.2) is 0 Å². The molecule has 0 fully saturated rings. The number of aryl methyl sites for hydroxylation is 1. The van der Waals surface area contributed by atoms with Gasteiger partial charge in [-0.15, -0.1) is 0 Å². The molecule has 2 atom stereocenters. The van der Waals surface area contributed by atoms with Gasteiger partial charge in [-0.05, 0) is 0 Å². The molecule has 4 heteroatoms. The van der Waals surface area contributed by atoms with E-state index in [2.05, 4.69) is 25.1 Å². The zero-order chi connectivity index (χ0) is 12.7. The van der Waals surface area contributed by atoms with Gasteiger partial charge in [0.2, 0.25) is 0 Å². The van der Waals surface area contributed by atoms with Gasteiger partial charge in [-0.3, -0.25) is 0 Å². The molecule has 96 valence electrons. The molecule has 0 aliphatic heterocycles. The maximum atomic E-state index is 6.30. The summed E-state index contributed by atoms with van der Waals surface area (Å²) in [7, 11) is 6.30. The average Bonchev–Trinajstić information content (AvgIpc) is 2.34. The monoisotopic (exact) mass is 363 g/mol. The number of halogens is 1. The van der Waals surface area contributed by atoms with E-state index in [1.165, 1.54) is 11.1 Å². The molecule has 0 bridgehead atoms. The predicted octanol–water partition coefficient (Wildman–Crippen LogP) is 3.13. The Morgan fingerprint density at radius 1 is 1.41 bits per heavy atom. The van der Waals surface area contributed by atoms with Crippen LogP contribution in [0.25, 0.3) is 0 Å². The van der Waals surface area contributed by atoms with E-state index in [1.54, 1.807) is 0 Å². The molecule has 0 heterocycles. The third-order valence-electron chi connectivity index (χ3n) is 2.69. The van der Waals surface area contributed by atoms with Crippen molar-refractivity contribution < 1.29 is 3.07 Å². The van der Waals surface area contributed by atoms with E-state index in [1.807, 2.05) is 13.0 Å². The van der Waals surface area contributed by atoms with Crippen LogP contribution in [-0.4, -0.2) is 25.7 Å². The first-order valence-corrected chi connectivity index (χ1v) is 14.1. The third kappa shape index (κ3) is 5.60. The van der Waals surface area contributed by atoms with Gasteiger partial charge in [0.15, 0.2) is 0 Å². The van der Waals surface area contributed by atoms with E-state index in [-0.39, 0.29) is 6.04 Å². The van der Waals surface area contributed by atoms with Gasteiger partial charge in [0.25, 0.3) is 0 Å². The summed E-state index contributed by atoms with van der Waals surface area (Å²) in [6, 6.07) is 8.44. The summed E-state index contributed by atoms with van der Waals surface area (Å²) >= 11 is -2.18. The molecule has 2 N–H and O–H groups in total. The first-order valence-electron chi connectivity index (χ1n) is 6.24. The molecule has 0 aromatic heterocycles. The summed E-state index contributed by atoms with van der Waals surface area (Å²) in [5.74, 6) is 0. The van der Waals surface area contributed by atoms with Gasteiger partial charge in [0, 0.05) is 0 Å². The molecule has 1 aromatic rings. The maximum absolute atomic E-state index is 6.30. The molecule has 17 heavy (non-hydrogen) atoms. The number of rotatable bonds is 7. The zero-order valence-electron chi connectivity index (χ0n) is 10.7. The van der Waals surface area contributed by atoms with Crippen molar-refractivity contribution in [1.82, 2.24) is 0 Å². The van der Waals surface area contributed by atoms with Crippen LogP contribution in [0.4, 0.5) is 0 Å². The van der Waals surface area contributed by atoms with Crippen LogP contribution in [0.5, 0.6) is 0 Å². The Bertz CT molecular complexity index is 333. The Morgan fingerprint density at radius 2 is 2.12 bits per heavy atom.